The molecule has 6 heteroatoms. The fourth-order valence-corrected chi connectivity index (χ4v) is 2.30. The molecule has 1 aromatic carbocycles. The summed E-state index contributed by atoms with van der Waals surface area (Å²) in [5, 5.41) is 6.71. The number of aryl methyl sites for hydroxylation is 1. The first-order valence-corrected chi connectivity index (χ1v) is 9.39. The highest BCUT2D eigenvalue weighted by atomic mass is 127. The van der Waals surface area contributed by atoms with Gasteiger partial charge in [-0.15, -0.1) is 24.0 Å². The lowest BCUT2D eigenvalue weighted by atomic mass is 10.1. The zero-order valence-corrected chi connectivity index (χ0v) is 19.3. The van der Waals surface area contributed by atoms with Crippen LogP contribution in [0.2, 0.25) is 0 Å². The minimum atomic E-state index is 0. The Morgan fingerprint density at radius 3 is 2.62 bits per heavy atom. The van der Waals surface area contributed by atoms with E-state index >= 15 is 0 Å². The van der Waals surface area contributed by atoms with Crippen LogP contribution in [0.15, 0.2) is 23.2 Å². The highest BCUT2D eigenvalue weighted by molar-refractivity contribution is 14.0. The maximum absolute atomic E-state index is 6.06. The Hall–Kier alpha value is -1.02. The van der Waals surface area contributed by atoms with Crippen molar-refractivity contribution in [1.82, 2.24) is 10.6 Å². The molecule has 0 saturated carbocycles. The summed E-state index contributed by atoms with van der Waals surface area (Å²) in [6, 6.07) is 6.34. The van der Waals surface area contributed by atoms with Gasteiger partial charge in [0.25, 0.3) is 0 Å². The molecule has 0 spiro atoms. The number of benzene rings is 1. The molecule has 5 nitrogen and oxygen atoms in total. The van der Waals surface area contributed by atoms with Crippen molar-refractivity contribution in [1.29, 1.82) is 0 Å². The minimum absolute atomic E-state index is 0. The third kappa shape index (κ3) is 10.2. The fourth-order valence-electron chi connectivity index (χ4n) is 2.30. The van der Waals surface area contributed by atoms with Gasteiger partial charge in [0.15, 0.2) is 5.96 Å². The lowest BCUT2D eigenvalue weighted by Crippen LogP contribution is -2.37. The molecule has 2 N–H and O–H groups in total. The Bertz CT molecular complexity index is 524. The average Bonchev–Trinajstić information content (AvgIpc) is 2.61. The molecule has 0 saturated heterocycles. The Kier molecular flexibility index (Phi) is 14.5. The predicted octanol–water partition coefficient (Wildman–Crippen LogP) is 4.27. The Balaban J connectivity index is 0.00000625. The first-order valence-electron chi connectivity index (χ1n) is 9.39. The molecular weight excluding hydrogens is 441 g/mol. The van der Waals surface area contributed by atoms with E-state index in [1.54, 1.807) is 7.05 Å². The van der Waals surface area contributed by atoms with Crippen LogP contribution in [-0.4, -0.2) is 38.9 Å². The summed E-state index contributed by atoms with van der Waals surface area (Å²) in [6.07, 6.45) is 3.32. The number of halogens is 1. The van der Waals surface area contributed by atoms with Gasteiger partial charge in [0.05, 0.1) is 6.10 Å². The van der Waals surface area contributed by atoms with E-state index in [0.717, 1.165) is 56.3 Å². The van der Waals surface area contributed by atoms with Crippen molar-refractivity contribution in [3.63, 3.8) is 0 Å². The SMILES string of the molecule is CCOCCCCNC(=NC)NCc1ccc(C)cc1OC(C)CC.I. The van der Waals surface area contributed by atoms with Crippen LogP contribution in [0.3, 0.4) is 0 Å². The zero-order chi connectivity index (χ0) is 18.5. The zero-order valence-electron chi connectivity index (χ0n) is 16.9. The lowest BCUT2D eigenvalue weighted by Gasteiger charge is -2.18. The maximum atomic E-state index is 6.06. The van der Waals surface area contributed by atoms with Gasteiger partial charge >= 0.3 is 0 Å². The van der Waals surface area contributed by atoms with Gasteiger partial charge < -0.3 is 20.1 Å². The van der Waals surface area contributed by atoms with Crippen LogP contribution in [0.25, 0.3) is 0 Å². The molecule has 0 heterocycles. The van der Waals surface area contributed by atoms with Gasteiger partial charge in [0.2, 0.25) is 0 Å². The number of nitrogens with one attached hydrogen (secondary N) is 2. The van der Waals surface area contributed by atoms with E-state index in [-0.39, 0.29) is 30.1 Å². The summed E-state index contributed by atoms with van der Waals surface area (Å²) in [7, 11) is 1.79. The van der Waals surface area contributed by atoms with Gasteiger partial charge in [-0.2, -0.15) is 0 Å². The Morgan fingerprint density at radius 1 is 1.19 bits per heavy atom. The van der Waals surface area contributed by atoms with Crippen molar-refractivity contribution in [3.8, 4) is 5.75 Å². The fraction of sp³-hybridized carbons (Fsp3) is 0.650. The second kappa shape index (κ2) is 15.1. The number of aliphatic imine (C=N–C) groups is 1. The first-order chi connectivity index (χ1) is 12.1. The maximum Gasteiger partial charge on any atom is 0.191 e. The average molecular weight is 477 g/mol. The molecule has 0 fully saturated rings. The molecule has 0 aromatic heterocycles. The number of ether oxygens (including phenoxy) is 2. The molecule has 0 radical (unpaired) electrons. The molecule has 1 unspecified atom stereocenters. The molecule has 150 valence electrons. The van der Waals surface area contributed by atoms with E-state index in [0.29, 0.717) is 6.54 Å². The monoisotopic (exact) mass is 477 g/mol. The van der Waals surface area contributed by atoms with Crippen LogP contribution in [0.5, 0.6) is 5.75 Å². The Morgan fingerprint density at radius 2 is 1.96 bits per heavy atom. The second-order valence-corrected chi connectivity index (χ2v) is 6.20. The van der Waals surface area contributed by atoms with Crippen molar-refractivity contribution in [2.45, 2.75) is 59.6 Å². The van der Waals surface area contributed by atoms with Crippen LogP contribution in [-0.2, 0) is 11.3 Å². The van der Waals surface area contributed by atoms with E-state index in [1.807, 2.05) is 6.92 Å². The molecule has 26 heavy (non-hydrogen) atoms. The summed E-state index contributed by atoms with van der Waals surface area (Å²) in [6.45, 7) is 11.5. The topological polar surface area (TPSA) is 54.9 Å². The van der Waals surface area contributed by atoms with E-state index in [9.17, 15) is 0 Å². The smallest absolute Gasteiger partial charge is 0.191 e. The van der Waals surface area contributed by atoms with Crippen molar-refractivity contribution in [2.75, 3.05) is 26.8 Å². The van der Waals surface area contributed by atoms with Crippen LogP contribution in [0.4, 0.5) is 0 Å². The van der Waals surface area contributed by atoms with Crippen molar-refractivity contribution in [3.05, 3.63) is 29.3 Å². The van der Waals surface area contributed by atoms with Gasteiger partial charge in [-0.05, 0) is 51.7 Å². The van der Waals surface area contributed by atoms with Crippen LogP contribution >= 0.6 is 24.0 Å². The van der Waals surface area contributed by atoms with Gasteiger partial charge in [-0.25, -0.2) is 0 Å². The molecule has 0 aliphatic carbocycles. The lowest BCUT2D eigenvalue weighted by molar-refractivity contribution is 0.143. The molecule has 0 amide bonds. The molecular formula is C20H36IN3O2. The van der Waals surface area contributed by atoms with Crippen molar-refractivity contribution in [2.24, 2.45) is 4.99 Å². The molecule has 0 aliphatic heterocycles. The normalized spacial score (nSPS) is 12.3. The first kappa shape index (κ1) is 25.0. The minimum Gasteiger partial charge on any atom is -0.490 e. The predicted molar refractivity (Wildman–Crippen MR) is 121 cm³/mol. The quantitative estimate of drug-likeness (QED) is 0.216. The summed E-state index contributed by atoms with van der Waals surface area (Å²) in [5.74, 6) is 1.76. The number of hydrogen-bond donors (Lipinski definition) is 2. The van der Waals surface area contributed by atoms with Gasteiger partial charge in [-0.3, -0.25) is 4.99 Å². The van der Waals surface area contributed by atoms with Gasteiger partial charge in [0, 0.05) is 38.9 Å². The third-order valence-electron chi connectivity index (χ3n) is 4.01. The summed E-state index contributed by atoms with van der Waals surface area (Å²) >= 11 is 0. The number of nitrogens with zero attached hydrogens (tertiary/aromatic N) is 1. The number of guanidine groups is 1. The molecule has 1 rings (SSSR count). The number of unbranched alkanes of at least 4 members (excludes halogenated alkanes) is 1. The number of hydrogen-bond acceptors (Lipinski definition) is 3. The van der Waals surface area contributed by atoms with E-state index in [4.69, 9.17) is 9.47 Å². The largest absolute Gasteiger partial charge is 0.490 e. The van der Waals surface area contributed by atoms with Gasteiger partial charge in [0.1, 0.15) is 5.75 Å². The number of rotatable bonds is 11. The standard InChI is InChI=1S/C20H35N3O2.HI/c1-6-17(4)25-19-14-16(3)10-11-18(19)15-23-20(21-5)22-12-8-9-13-24-7-2;/h10-11,14,17H,6-9,12-13,15H2,1-5H3,(H2,21,22,23);1H. The van der Waals surface area contributed by atoms with Crippen LogP contribution in [0.1, 0.15) is 51.2 Å². The third-order valence-corrected chi connectivity index (χ3v) is 4.01. The molecule has 1 aromatic rings. The second-order valence-electron chi connectivity index (χ2n) is 6.20. The van der Waals surface area contributed by atoms with Gasteiger partial charge in [-0.1, -0.05) is 19.1 Å². The van der Waals surface area contributed by atoms with Crippen molar-refractivity contribution < 1.29 is 9.47 Å². The van der Waals surface area contributed by atoms with E-state index in [2.05, 4.69) is 54.6 Å². The summed E-state index contributed by atoms with van der Waals surface area (Å²) < 4.78 is 11.4. The van der Waals surface area contributed by atoms with E-state index in [1.165, 1.54) is 5.56 Å². The molecule has 1 atom stereocenters. The van der Waals surface area contributed by atoms with Crippen LogP contribution in [0, 0.1) is 6.92 Å². The highest BCUT2D eigenvalue weighted by Gasteiger charge is 2.08. The Labute approximate surface area is 176 Å². The highest BCUT2D eigenvalue weighted by Crippen LogP contribution is 2.22. The van der Waals surface area contributed by atoms with E-state index < -0.39 is 0 Å². The summed E-state index contributed by atoms with van der Waals surface area (Å²) in [4.78, 5) is 4.28. The van der Waals surface area contributed by atoms with Crippen LogP contribution < -0.4 is 15.4 Å². The summed E-state index contributed by atoms with van der Waals surface area (Å²) in [5.41, 5.74) is 2.35. The molecule has 0 aliphatic rings. The molecule has 0 bridgehead atoms. The van der Waals surface area contributed by atoms with Crippen molar-refractivity contribution >= 4 is 29.9 Å².